The molecule has 1 fully saturated rings. The molecule has 0 aliphatic carbocycles. The topological polar surface area (TPSA) is 39.6 Å². The molecule has 18 heavy (non-hydrogen) atoms. The van der Waals surface area contributed by atoms with E-state index >= 15 is 0 Å². The summed E-state index contributed by atoms with van der Waals surface area (Å²) in [6, 6.07) is 7.41. The second-order valence-electron chi connectivity index (χ2n) is 4.31. The van der Waals surface area contributed by atoms with Crippen LogP contribution in [-0.2, 0) is 0 Å². The SMILES string of the molecule is Oc1ccc(N2CCN(c3nccs3)CC2)cc1. The van der Waals surface area contributed by atoms with Crippen molar-refractivity contribution in [3.63, 3.8) is 0 Å². The minimum absolute atomic E-state index is 0.320. The number of aromatic nitrogens is 1. The summed E-state index contributed by atoms with van der Waals surface area (Å²) in [6.07, 6.45) is 1.85. The van der Waals surface area contributed by atoms with Crippen molar-refractivity contribution in [2.45, 2.75) is 0 Å². The first-order valence-corrected chi connectivity index (χ1v) is 6.89. The van der Waals surface area contributed by atoms with E-state index in [0.29, 0.717) is 5.75 Å². The Morgan fingerprint density at radius 3 is 2.28 bits per heavy atom. The average Bonchev–Trinajstić information content (AvgIpc) is 2.94. The van der Waals surface area contributed by atoms with Crippen LogP contribution in [0.25, 0.3) is 0 Å². The normalized spacial score (nSPS) is 16.0. The Hall–Kier alpha value is -1.75. The lowest BCUT2D eigenvalue weighted by Gasteiger charge is -2.35. The van der Waals surface area contributed by atoms with Crippen LogP contribution in [0.3, 0.4) is 0 Å². The third kappa shape index (κ3) is 2.26. The highest BCUT2D eigenvalue weighted by Gasteiger charge is 2.18. The Morgan fingerprint density at radius 1 is 1.00 bits per heavy atom. The molecule has 1 aliphatic rings. The molecule has 0 radical (unpaired) electrons. The van der Waals surface area contributed by atoms with E-state index in [1.165, 1.54) is 5.69 Å². The van der Waals surface area contributed by atoms with Gasteiger partial charge < -0.3 is 14.9 Å². The summed E-state index contributed by atoms with van der Waals surface area (Å²) < 4.78 is 0. The van der Waals surface area contributed by atoms with E-state index in [1.807, 2.05) is 23.7 Å². The van der Waals surface area contributed by atoms with Crippen molar-refractivity contribution in [3.05, 3.63) is 35.8 Å². The van der Waals surface area contributed by atoms with Gasteiger partial charge in [-0.3, -0.25) is 0 Å². The van der Waals surface area contributed by atoms with Gasteiger partial charge in [-0.2, -0.15) is 0 Å². The fourth-order valence-corrected chi connectivity index (χ4v) is 2.89. The predicted molar refractivity (Wildman–Crippen MR) is 74.6 cm³/mol. The summed E-state index contributed by atoms with van der Waals surface area (Å²) in [4.78, 5) is 9.00. The Morgan fingerprint density at radius 2 is 1.67 bits per heavy atom. The van der Waals surface area contributed by atoms with E-state index < -0.39 is 0 Å². The van der Waals surface area contributed by atoms with Gasteiger partial charge in [-0.15, -0.1) is 11.3 Å². The van der Waals surface area contributed by atoms with Gasteiger partial charge in [0.05, 0.1) is 0 Å². The van der Waals surface area contributed by atoms with Gasteiger partial charge in [-0.05, 0) is 24.3 Å². The largest absolute Gasteiger partial charge is 0.508 e. The molecule has 1 aromatic heterocycles. The van der Waals surface area contributed by atoms with Crippen molar-refractivity contribution in [3.8, 4) is 5.75 Å². The Kier molecular flexibility index (Phi) is 3.06. The van der Waals surface area contributed by atoms with Gasteiger partial charge >= 0.3 is 0 Å². The van der Waals surface area contributed by atoms with E-state index in [-0.39, 0.29) is 0 Å². The van der Waals surface area contributed by atoms with Crippen LogP contribution in [0.5, 0.6) is 5.75 Å². The lowest BCUT2D eigenvalue weighted by molar-refractivity contribution is 0.475. The van der Waals surface area contributed by atoms with Crippen LogP contribution in [0.1, 0.15) is 0 Å². The van der Waals surface area contributed by atoms with Gasteiger partial charge in [-0.25, -0.2) is 4.98 Å². The van der Waals surface area contributed by atoms with Crippen LogP contribution in [0, 0.1) is 0 Å². The molecule has 2 heterocycles. The first-order chi connectivity index (χ1) is 8.83. The number of hydrogen-bond donors (Lipinski definition) is 1. The summed E-state index contributed by atoms with van der Waals surface area (Å²) in [7, 11) is 0. The number of aromatic hydroxyl groups is 1. The maximum atomic E-state index is 9.29. The lowest BCUT2D eigenvalue weighted by atomic mass is 10.2. The molecular formula is C13H15N3OS. The zero-order chi connectivity index (χ0) is 12.4. The van der Waals surface area contributed by atoms with Crippen LogP contribution in [0.4, 0.5) is 10.8 Å². The Bertz CT molecular complexity index is 489. The number of phenolic OH excluding ortho intramolecular Hbond substituents is 1. The molecule has 94 valence electrons. The van der Waals surface area contributed by atoms with Gasteiger partial charge in [0.15, 0.2) is 5.13 Å². The average molecular weight is 261 g/mol. The molecule has 1 aromatic carbocycles. The standard InChI is InChI=1S/C13H15N3OS/c17-12-3-1-11(2-4-12)15-6-8-16(9-7-15)13-14-5-10-18-13/h1-5,10,17H,6-9H2. The molecule has 3 rings (SSSR count). The fourth-order valence-electron chi connectivity index (χ4n) is 2.19. The van der Waals surface area contributed by atoms with Gasteiger partial charge in [-0.1, -0.05) is 0 Å². The van der Waals surface area contributed by atoms with Crippen molar-refractivity contribution >= 4 is 22.2 Å². The van der Waals surface area contributed by atoms with Crippen LogP contribution in [-0.4, -0.2) is 36.3 Å². The van der Waals surface area contributed by atoms with Crippen molar-refractivity contribution in [1.82, 2.24) is 4.98 Å². The molecular weight excluding hydrogens is 246 g/mol. The molecule has 4 nitrogen and oxygen atoms in total. The van der Waals surface area contributed by atoms with Crippen LogP contribution < -0.4 is 9.80 Å². The molecule has 2 aromatic rings. The Labute approximate surface area is 110 Å². The number of thiazole rings is 1. The zero-order valence-electron chi connectivity index (χ0n) is 9.99. The molecule has 5 heteroatoms. The molecule has 0 spiro atoms. The molecule has 0 atom stereocenters. The van der Waals surface area contributed by atoms with E-state index in [9.17, 15) is 5.11 Å². The summed E-state index contributed by atoms with van der Waals surface area (Å²) in [6.45, 7) is 3.97. The lowest BCUT2D eigenvalue weighted by Crippen LogP contribution is -2.46. The smallest absolute Gasteiger partial charge is 0.185 e. The van der Waals surface area contributed by atoms with Gasteiger partial charge in [0.2, 0.25) is 0 Å². The quantitative estimate of drug-likeness (QED) is 0.899. The second kappa shape index (κ2) is 4.86. The summed E-state index contributed by atoms with van der Waals surface area (Å²) in [5, 5.41) is 12.4. The van der Waals surface area contributed by atoms with Crippen LogP contribution in [0.15, 0.2) is 35.8 Å². The summed E-state index contributed by atoms with van der Waals surface area (Å²) >= 11 is 1.69. The van der Waals surface area contributed by atoms with Crippen molar-refractivity contribution in [1.29, 1.82) is 0 Å². The highest BCUT2D eigenvalue weighted by Crippen LogP contribution is 2.23. The van der Waals surface area contributed by atoms with E-state index in [4.69, 9.17) is 0 Å². The minimum atomic E-state index is 0.320. The molecule has 0 unspecified atom stereocenters. The van der Waals surface area contributed by atoms with Crippen molar-refractivity contribution in [2.75, 3.05) is 36.0 Å². The highest BCUT2D eigenvalue weighted by molar-refractivity contribution is 7.13. The Balaban J connectivity index is 1.65. The van der Waals surface area contributed by atoms with Crippen LogP contribution in [0.2, 0.25) is 0 Å². The number of benzene rings is 1. The van der Waals surface area contributed by atoms with Gasteiger partial charge in [0.1, 0.15) is 5.75 Å². The van der Waals surface area contributed by atoms with E-state index in [1.54, 1.807) is 23.5 Å². The zero-order valence-corrected chi connectivity index (χ0v) is 10.8. The fraction of sp³-hybridized carbons (Fsp3) is 0.308. The molecule has 0 amide bonds. The number of phenols is 1. The molecule has 1 aliphatic heterocycles. The maximum absolute atomic E-state index is 9.29. The molecule has 1 saturated heterocycles. The van der Waals surface area contributed by atoms with Crippen molar-refractivity contribution < 1.29 is 5.11 Å². The number of piperazine rings is 1. The monoisotopic (exact) mass is 261 g/mol. The highest BCUT2D eigenvalue weighted by atomic mass is 32.1. The summed E-state index contributed by atoms with van der Waals surface area (Å²) in [5.41, 5.74) is 1.17. The van der Waals surface area contributed by atoms with Crippen molar-refractivity contribution in [2.24, 2.45) is 0 Å². The molecule has 0 saturated carbocycles. The number of nitrogens with zero attached hydrogens (tertiary/aromatic N) is 3. The van der Waals surface area contributed by atoms with Gasteiger partial charge in [0.25, 0.3) is 0 Å². The van der Waals surface area contributed by atoms with E-state index in [0.717, 1.165) is 31.3 Å². The number of rotatable bonds is 2. The summed E-state index contributed by atoms with van der Waals surface area (Å²) in [5.74, 6) is 0.320. The number of anilines is 2. The first kappa shape index (κ1) is 11.3. The minimum Gasteiger partial charge on any atom is -0.508 e. The number of hydrogen-bond acceptors (Lipinski definition) is 5. The molecule has 1 N–H and O–H groups in total. The van der Waals surface area contributed by atoms with Gasteiger partial charge in [0, 0.05) is 43.4 Å². The van der Waals surface area contributed by atoms with Crippen LogP contribution >= 0.6 is 11.3 Å². The maximum Gasteiger partial charge on any atom is 0.185 e. The molecule has 0 bridgehead atoms. The third-order valence-electron chi connectivity index (χ3n) is 3.18. The van der Waals surface area contributed by atoms with E-state index in [2.05, 4.69) is 14.8 Å². The second-order valence-corrected chi connectivity index (χ2v) is 5.18. The first-order valence-electron chi connectivity index (χ1n) is 6.01. The third-order valence-corrected chi connectivity index (χ3v) is 4.02. The predicted octanol–water partition coefficient (Wildman–Crippen LogP) is 2.18.